The summed E-state index contributed by atoms with van der Waals surface area (Å²) in [7, 11) is 2.16. The van der Waals surface area contributed by atoms with Crippen molar-refractivity contribution >= 4 is 34.9 Å². The number of nitrogens with zero attached hydrogens (tertiary/aromatic N) is 8. The van der Waals surface area contributed by atoms with Crippen LogP contribution in [0.4, 0.5) is 17.5 Å². The van der Waals surface area contributed by atoms with E-state index in [-0.39, 0.29) is 6.04 Å². The van der Waals surface area contributed by atoms with Crippen molar-refractivity contribution in [2.75, 3.05) is 68.1 Å². The lowest BCUT2D eigenvalue weighted by Gasteiger charge is -2.34. The first-order chi connectivity index (χ1) is 17.7. The van der Waals surface area contributed by atoms with Gasteiger partial charge in [-0.1, -0.05) is 0 Å². The molecule has 0 spiro atoms. The topological polar surface area (TPSA) is 85.7 Å². The van der Waals surface area contributed by atoms with Gasteiger partial charge in [-0.25, -0.2) is 14.6 Å². The quantitative estimate of drug-likeness (QED) is 0.529. The molecule has 1 atom stereocenters. The van der Waals surface area contributed by atoms with Crippen LogP contribution in [0.3, 0.4) is 0 Å². The fourth-order valence-corrected chi connectivity index (χ4v) is 5.73. The van der Waals surface area contributed by atoms with E-state index in [1.807, 2.05) is 23.4 Å². The highest BCUT2D eigenvalue weighted by Gasteiger charge is 2.31. The molecule has 6 rings (SSSR count). The number of fused-ring (bicyclic) bond motifs is 1. The maximum Gasteiger partial charge on any atom is 0.230 e. The molecule has 1 unspecified atom stereocenters. The van der Waals surface area contributed by atoms with Gasteiger partial charge in [0.05, 0.1) is 23.6 Å². The SMILES string of the molecule is CN1CCN(c2ccc(Nc3ncc4cc(C5CCCN5C=O)n(N5CCCCC5)c4n3)nc2)CC1. The van der Waals surface area contributed by atoms with Crippen LogP contribution in [0.15, 0.2) is 30.6 Å². The van der Waals surface area contributed by atoms with Crippen LogP contribution in [0.1, 0.15) is 43.8 Å². The van der Waals surface area contributed by atoms with Gasteiger partial charge < -0.3 is 25.0 Å². The number of carbonyl (C=O) groups is 1. The molecule has 3 aliphatic heterocycles. The Bertz CT molecular complexity index is 1200. The zero-order valence-corrected chi connectivity index (χ0v) is 21.0. The van der Waals surface area contributed by atoms with Crippen molar-refractivity contribution in [3.8, 4) is 0 Å². The number of piperazine rings is 1. The van der Waals surface area contributed by atoms with Crippen LogP contribution in [0.2, 0.25) is 0 Å². The molecule has 190 valence electrons. The van der Waals surface area contributed by atoms with E-state index >= 15 is 0 Å². The largest absolute Gasteiger partial charge is 0.368 e. The summed E-state index contributed by atoms with van der Waals surface area (Å²) in [6.07, 6.45) is 10.4. The van der Waals surface area contributed by atoms with E-state index in [0.717, 1.165) is 93.3 Å². The van der Waals surface area contributed by atoms with Gasteiger partial charge in [0.2, 0.25) is 12.4 Å². The third kappa shape index (κ3) is 4.45. The molecule has 1 N–H and O–H groups in total. The molecule has 3 aromatic heterocycles. The summed E-state index contributed by atoms with van der Waals surface area (Å²) in [5.41, 5.74) is 3.17. The Hall–Kier alpha value is -3.40. The van der Waals surface area contributed by atoms with Gasteiger partial charge in [-0.3, -0.25) is 4.79 Å². The Morgan fingerprint density at radius 2 is 1.78 bits per heavy atom. The van der Waals surface area contributed by atoms with Gasteiger partial charge in [-0.15, -0.1) is 0 Å². The van der Waals surface area contributed by atoms with Crippen LogP contribution in [-0.2, 0) is 4.79 Å². The van der Waals surface area contributed by atoms with Crippen molar-refractivity contribution in [1.29, 1.82) is 0 Å². The predicted molar refractivity (Wildman–Crippen MR) is 141 cm³/mol. The summed E-state index contributed by atoms with van der Waals surface area (Å²) in [5.74, 6) is 1.26. The number of piperidine rings is 1. The van der Waals surface area contributed by atoms with E-state index in [1.54, 1.807) is 0 Å². The summed E-state index contributed by atoms with van der Waals surface area (Å²) in [5, 5.41) is 6.69. The van der Waals surface area contributed by atoms with Crippen molar-refractivity contribution in [3.63, 3.8) is 0 Å². The monoisotopic (exact) mass is 489 g/mol. The minimum absolute atomic E-state index is 0.0822. The van der Waals surface area contributed by atoms with Crippen molar-refractivity contribution < 1.29 is 4.79 Å². The van der Waals surface area contributed by atoms with Crippen LogP contribution < -0.4 is 15.2 Å². The third-order valence-electron chi connectivity index (χ3n) is 7.79. The van der Waals surface area contributed by atoms with E-state index in [0.29, 0.717) is 5.95 Å². The Kier molecular flexibility index (Phi) is 6.35. The number of pyridine rings is 1. The van der Waals surface area contributed by atoms with E-state index in [9.17, 15) is 4.79 Å². The Labute approximate surface area is 211 Å². The fraction of sp³-hybridized carbons (Fsp3) is 0.538. The molecule has 0 radical (unpaired) electrons. The zero-order valence-electron chi connectivity index (χ0n) is 21.0. The number of hydrogen-bond donors (Lipinski definition) is 1. The van der Waals surface area contributed by atoms with Gasteiger partial charge in [0.15, 0.2) is 5.65 Å². The summed E-state index contributed by atoms with van der Waals surface area (Å²) >= 11 is 0. The number of carbonyl (C=O) groups excluding carboxylic acids is 1. The Morgan fingerprint density at radius 1 is 0.944 bits per heavy atom. The third-order valence-corrected chi connectivity index (χ3v) is 7.79. The molecule has 3 aromatic rings. The fourth-order valence-electron chi connectivity index (χ4n) is 5.73. The van der Waals surface area contributed by atoms with Crippen LogP contribution in [-0.4, -0.2) is 88.7 Å². The van der Waals surface area contributed by atoms with Crippen molar-refractivity contribution in [1.82, 2.24) is 29.4 Å². The van der Waals surface area contributed by atoms with Crippen molar-refractivity contribution in [3.05, 3.63) is 36.3 Å². The standard InChI is InChI=1S/C26H35N9O/c1-31-12-14-32(15-13-31)21-7-8-24(27-18-21)29-26-28-17-20-16-23(22-6-5-9-33(22)19-36)35(25(20)30-26)34-10-3-2-4-11-34/h7-8,16-19,22H,2-6,9-15H2,1H3,(H,27,28,29,30). The summed E-state index contributed by atoms with van der Waals surface area (Å²) in [4.78, 5) is 32.6. The van der Waals surface area contributed by atoms with Gasteiger partial charge in [-0.2, -0.15) is 4.98 Å². The average molecular weight is 490 g/mol. The number of likely N-dealkylation sites (N-methyl/N-ethyl adjacent to an activating group) is 1. The minimum atomic E-state index is 0.0822. The molecular formula is C26H35N9O. The number of likely N-dealkylation sites (tertiary alicyclic amines) is 1. The Morgan fingerprint density at radius 3 is 2.53 bits per heavy atom. The smallest absolute Gasteiger partial charge is 0.230 e. The van der Waals surface area contributed by atoms with Gasteiger partial charge in [0.25, 0.3) is 0 Å². The average Bonchev–Trinajstić information content (AvgIpc) is 3.54. The van der Waals surface area contributed by atoms with Crippen molar-refractivity contribution in [2.24, 2.45) is 0 Å². The summed E-state index contributed by atoms with van der Waals surface area (Å²) in [6, 6.07) is 6.36. The number of nitrogens with one attached hydrogen (secondary N) is 1. The first-order valence-electron chi connectivity index (χ1n) is 13.2. The second-order valence-electron chi connectivity index (χ2n) is 10.2. The summed E-state index contributed by atoms with van der Waals surface area (Å²) < 4.78 is 2.26. The second-order valence-corrected chi connectivity index (χ2v) is 10.2. The van der Waals surface area contributed by atoms with E-state index < -0.39 is 0 Å². The zero-order chi connectivity index (χ0) is 24.5. The molecular weight excluding hydrogens is 454 g/mol. The number of aromatic nitrogens is 4. The number of anilines is 3. The number of hydrogen-bond acceptors (Lipinski definition) is 8. The van der Waals surface area contributed by atoms with Gasteiger partial charge in [0.1, 0.15) is 5.82 Å². The van der Waals surface area contributed by atoms with Crippen LogP contribution in [0.25, 0.3) is 11.0 Å². The number of amides is 1. The maximum atomic E-state index is 11.7. The first kappa shape index (κ1) is 23.0. The molecule has 3 aliphatic rings. The molecule has 10 nitrogen and oxygen atoms in total. The minimum Gasteiger partial charge on any atom is -0.368 e. The van der Waals surface area contributed by atoms with E-state index in [2.05, 4.69) is 53.9 Å². The highest BCUT2D eigenvalue weighted by Crippen LogP contribution is 2.35. The molecule has 10 heteroatoms. The molecule has 3 fully saturated rings. The molecule has 3 saturated heterocycles. The van der Waals surface area contributed by atoms with E-state index in [4.69, 9.17) is 4.98 Å². The molecule has 6 heterocycles. The lowest BCUT2D eigenvalue weighted by atomic mass is 10.1. The molecule has 0 saturated carbocycles. The highest BCUT2D eigenvalue weighted by molar-refractivity contribution is 5.79. The van der Waals surface area contributed by atoms with Gasteiger partial charge in [0, 0.05) is 57.4 Å². The molecule has 0 aliphatic carbocycles. The van der Waals surface area contributed by atoms with Crippen LogP contribution >= 0.6 is 0 Å². The van der Waals surface area contributed by atoms with Crippen LogP contribution in [0, 0.1) is 0 Å². The second kappa shape index (κ2) is 9.93. The Balaban J connectivity index is 1.28. The van der Waals surface area contributed by atoms with Crippen LogP contribution in [0.5, 0.6) is 0 Å². The lowest BCUT2D eigenvalue weighted by Crippen LogP contribution is -2.44. The lowest BCUT2D eigenvalue weighted by molar-refractivity contribution is -0.119. The molecule has 1 amide bonds. The molecule has 36 heavy (non-hydrogen) atoms. The van der Waals surface area contributed by atoms with Crippen molar-refractivity contribution in [2.45, 2.75) is 38.1 Å². The van der Waals surface area contributed by atoms with Gasteiger partial charge in [-0.05, 0) is 57.4 Å². The normalized spacial score (nSPS) is 21.4. The molecule has 0 aromatic carbocycles. The molecule has 0 bridgehead atoms. The van der Waals surface area contributed by atoms with Gasteiger partial charge >= 0.3 is 0 Å². The first-order valence-corrected chi connectivity index (χ1v) is 13.2. The highest BCUT2D eigenvalue weighted by atomic mass is 16.1. The summed E-state index contributed by atoms with van der Waals surface area (Å²) in [6.45, 7) is 6.96. The van der Waals surface area contributed by atoms with E-state index in [1.165, 1.54) is 19.3 Å². The maximum absolute atomic E-state index is 11.7. The predicted octanol–water partition coefficient (Wildman–Crippen LogP) is 2.74. The number of rotatable bonds is 6.